The fraction of sp³-hybridized carbons (Fsp3) is 0.125. The van der Waals surface area contributed by atoms with Crippen LogP contribution in [0.15, 0.2) is 53.6 Å². The molecular formula is C16H14N2O4. The second-order valence-corrected chi connectivity index (χ2v) is 4.63. The highest BCUT2D eigenvalue weighted by Crippen LogP contribution is 2.25. The molecule has 2 aromatic rings. The van der Waals surface area contributed by atoms with Crippen LogP contribution in [0.1, 0.15) is 15.9 Å². The first-order valence-corrected chi connectivity index (χ1v) is 6.65. The Morgan fingerprint density at radius 3 is 2.64 bits per heavy atom. The lowest BCUT2D eigenvalue weighted by atomic mass is 10.2. The largest absolute Gasteiger partial charge is 0.497 e. The molecule has 22 heavy (non-hydrogen) atoms. The van der Waals surface area contributed by atoms with Crippen molar-refractivity contribution in [1.29, 1.82) is 0 Å². The molecule has 0 spiro atoms. The zero-order chi connectivity index (χ0) is 15.5. The Kier molecular flexibility index (Phi) is 3.65. The molecule has 6 nitrogen and oxygen atoms in total. The van der Waals surface area contributed by atoms with Gasteiger partial charge in [-0.05, 0) is 36.4 Å². The summed E-state index contributed by atoms with van der Waals surface area (Å²) in [7, 11) is 1.60. The minimum Gasteiger partial charge on any atom is -0.497 e. The molecule has 1 N–H and O–H groups in total. The summed E-state index contributed by atoms with van der Waals surface area (Å²) >= 11 is 0. The summed E-state index contributed by atoms with van der Waals surface area (Å²) in [5.74, 6) is 0.196. The van der Waals surface area contributed by atoms with Gasteiger partial charge < -0.3 is 14.6 Å². The van der Waals surface area contributed by atoms with Crippen LogP contribution in [0.5, 0.6) is 5.75 Å². The summed E-state index contributed by atoms with van der Waals surface area (Å²) in [6.07, 6.45) is 0. The molecule has 0 amide bonds. The van der Waals surface area contributed by atoms with E-state index in [9.17, 15) is 9.90 Å². The third kappa shape index (κ3) is 2.58. The molecule has 2 aromatic carbocycles. The summed E-state index contributed by atoms with van der Waals surface area (Å²) in [5.41, 5.74) is 1.49. The van der Waals surface area contributed by atoms with Gasteiger partial charge in [-0.15, -0.1) is 5.10 Å². The second-order valence-electron chi connectivity index (χ2n) is 4.63. The number of carboxylic acid groups (broad SMARTS) is 1. The highest BCUT2D eigenvalue weighted by molar-refractivity contribution is 5.98. The van der Waals surface area contributed by atoms with Crippen LogP contribution in [0.25, 0.3) is 0 Å². The van der Waals surface area contributed by atoms with Crippen molar-refractivity contribution in [3.8, 4) is 5.75 Å². The number of hydrogen-bond acceptors (Lipinski definition) is 5. The van der Waals surface area contributed by atoms with Crippen LogP contribution in [0.4, 0.5) is 5.69 Å². The number of hydrogen-bond donors (Lipinski definition) is 1. The molecule has 0 unspecified atom stereocenters. The Morgan fingerprint density at radius 1 is 1.23 bits per heavy atom. The second kappa shape index (κ2) is 5.77. The van der Waals surface area contributed by atoms with Gasteiger partial charge in [0.15, 0.2) is 6.73 Å². The molecule has 0 radical (unpaired) electrons. The molecule has 1 aliphatic heterocycles. The molecule has 3 rings (SSSR count). The van der Waals surface area contributed by atoms with E-state index in [1.54, 1.807) is 31.4 Å². The molecule has 6 heteroatoms. The Morgan fingerprint density at radius 2 is 1.95 bits per heavy atom. The van der Waals surface area contributed by atoms with Crippen molar-refractivity contribution in [2.45, 2.75) is 0 Å². The van der Waals surface area contributed by atoms with E-state index in [0.29, 0.717) is 11.6 Å². The Hall–Kier alpha value is -3.02. The average Bonchev–Trinajstić information content (AvgIpc) is 3.04. The van der Waals surface area contributed by atoms with Crippen molar-refractivity contribution in [2.24, 2.45) is 5.10 Å². The number of rotatable bonds is 4. The average molecular weight is 298 g/mol. The quantitative estimate of drug-likeness (QED) is 0.939. The summed E-state index contributed by atoms with van der Waals surface area (Å²) < 4.78 is 10.7. The number of nitrogens with zero attached hydrogens (tertiary/aromatic N) is 2. The van der Waals surface area contributed by atoms with Crippen molar-refractivity contribution in [1.82, 2.24) is 0 Å². The summed E-state index contributed by atoms with van der Waals surface area (Å²) in [6.45, 7) is 0.172. The number of carbonyl (C=O) groups is 1. The van der Waals surface area contributed by atoms with E-state index in [1.165, 1.54) is 5.01 Å². The van der Waals surface area contributed by atoms with Crippen LogP contribution >= 0.6 is 0 Å². The lowest BCUT2D eigenvalue weighted by molar-refractivity contribution is 0.0697. The highest BCUT2D eigenvalue weighted by atomic mass is 16.5. The molecule has 0 bridgehead atoms. The summed E-state index contributed by atoms with van der Waals surface area (Å²) in [6, 6.07) is 14.0. The number of methoxy groups -OCH3 is 1. The number of ether oxygens (including phenoxy) is 2. The molecule has 0 fully saturated rings. The van der Waals surface area contributed by atoms with Gasteiger partial charge in [-0.2, -0.15) is 0 Å². The topological polar surface area (TPSA) is 71.4 Å². The smallest absolute Gasteiger partial charge is 0.337 e. The monoisotopic (exact) mass is 298 g/mol. The van der Waals surface area contributed by atoms with E-state index in [1.807, 2.05) is 24.3 Å². The predicted octanol–water partition coefficient (Wildman–Crippen LogP) is 2.55. The van der Waals surface area contributed by atoms with Crippen LogP contribution in [-0.4, -0.2) is 30.8 Å². The third-order valence-electron chi connectivity index (χ3n) is 3.28. The van der Waals surface area contributed by atoms with Crippen LogP contribution in [0.2, 0.25) is 0 Å². The van der Waals surface area contributed by atoms with E-state index in [2.05, 4.69) is 5.10 Å². The molecule has 0 aliphatic carbocycles. The minimum absolute atomic E-state index is 0.172. The number of benzene rings is 2. The van der Waals surface area contributed by atoms with Crippen LogP contribution < -0.4 is 9.75 Å². The van der Waals surface area contributed by atoms with E-state index < -0.39 is 5.97 Å². The molecule has 112 valence electrons. The van der Waals surface area contributed by atoms with Crippen LogP contribution in [0, 0.1) is 0 Å². The maximum Gasteiger partial charge on any atom is 0.337 e. The van der Waals surface area contributed by atoms with Crippen LogP contribution in [0.3, 0.4) is 0 Å². The first-order valence-electron chi connectivity index (χ1n) is 6.65. The Balaban J connectivity index is 1.89. The fourth-order valence-electron chi connectivity index (χ4n) is 2.17. The van der Waals surface area contributed by atoms with Crippen molar-refractivity contribution in [3.05, 3.63) is 59.7 Å². The summed E-state index contributed by atoms with van der Waals surface area (Å²) in [5, 5.41) is 15.1. The van der Waals surface area contributed by atoms with Gasteiger partial charge in [0.2, 0.25) is 5.90 Å². The maximum atomic E-state index is 11.3. The number of para-hydroxylation sites is 1. The van der Waals surface area contributed by atoms with Crippen molar-refractivity contribution in [2.75, 3.05) is 18.8 Å². The van der Waals surface area contributed by atoms with E-state index >= 15 is 0 Å². The number of anilines is 1. The molecule has 1 heterocycles. The van der Waals surface area contributed by atoms with Gasteiger partial charge in [0, 0.05) is 5.56 Å². The van der Waals surface area contributed by atoms with Gasteiger partial charge in [-0.25, -0.2) is 9.80 Å². The van der Waals surface area contributed by atoms with Gasteiger partial charge in [-0.3, -0.25) is 0 Å². The van der Waals surface area contributed by atoms with Crippen molar-refractivity contribution >= 4 is 17.6 Å². The maximum absolute atomic E-state index is 11.3. The predicted molar refractivity (Wildman–Crippen MR) is 81.4 cm³/mol. The van der Waals surface area contributed by atoms with Crippen LogP contribution in [-0.2, 0) is 4.74 Å². The number of hydrazone groups is 1. The fourth-order valence-corrected chi connectivity index (χ4v) is 2.17. The van der Waals surface area contributed by atoms with E-state index in [0.717, 1.165) is 11.3 Å². The summed E-state index contributed by atoms with van der Waals surface area (Å²) in [4.78, 5) is 11.3. The van der Waals surface area contributed by atoms with Gasteiger partial charge >= 0.3 is 5.97 Å². The zero-order valence-corrected chi connectivity index (χ0v) is 11.9. The Bertz CT molecular complexity index is 725. The molecule has 1 aliphatic rings. The van der Waals surface area contributed by atoms with E-state index in [4.69, 9.17) is 9.47 Å². The standard InChI is InChI=1S/C16H14N2O4/c1-21-12-8-6-11(7-9-12)15-17-18(10-22-15)14-5-3-2-4-13(14)16(19)20/h2-9H,10H2,1H3,(H,19,20). The molecular weight excluding hydrogens is 284 g/mol. The molecule has 0 aromatic heterocycles. The van der Waals surface area contributed by atoms with Gasteiger partial charge in [0.05, 0.1) is 18.4 Å². The van der Waals surface area contributed by atoms with E-state index in [-0.39, 0.29) is 12.3 Å². The SMILES string of the molecule is COc1ccc(C2=NN(c3ccccc3C(=O)O)CO2)cc1. The van der Waals surface area contributed by atoms with Gasteiger partial charge in [0.25, 0.3) is 0 Å². The highest BCUT2D eigenvalue weighted by Gasteiger charge is 2.22. The normalized spacial score (nSPS) is 13.5. The lowest BCUT2D eigenvalue weighted by Crippen LogP contribution is -2.16. The molecule has 0 saturated heterocycles. The van der Waals surface area contributed by atoms with Crippen molar-refractivity contribution < 1.29 is 19.4 Å². The molecule has 0 atom stereocenters. The van der Waals surface area contributed by atoms with Gasteiger partial charge in [-0.1, -0.05) is 12.1 Å². The first kappa shape index (κ1) is 13.9. The number of carboxylic acids is 1. The zero-order valence-electron chi connectivity index (χ0n) is 11.9. The first-order chi connectivity index (χ1) is 10.7. The Labute approximate surface area is 127 Å². The van der Waals surface area contributed by atoms with Crippen molar-refractivity contribution in [3.63, 3.8) is 0 Å². The lowest BCUT2D eigenvalue weighted by Gasteiger charge is -2.13. The number of aromatic carboxylic acids is 1. The minimum atomic E-state index is -0.997. The third-order valence-corrected chi connectivity index (χ3v) is 3.28. The molecule has 0 saturated carbocycles. The van der Waals surface area contributed by atoms with Gasteiger partial charge in [0.1, 0.15) is 5.75 Å².